The molecule has 3 rings (SSSR count). The molecule has 1 saturated heterocycles. The molecule has 138 valence electrons. The third kappa shape index (κ3) is 3.47. The number of anilines is 2. The SMILES string of the molecule is CCOCCNc1nc2nc(N3CCNCC3)n(CC)c2c(=O)n1C. The van der Waals surface area contributed by atoms with Crippen molar-refractivity contribution in [3.05, 3.63) is 10.4 Å². The molecule has 0 amide bonds. The van der Waals surface area contributed by atoms with Crippen LogP contribution in [0.25, 0.3) is 11.2 Å². The Morgan fingerprint density at radius 3 is 2.68 bits per heavy atom. The number of fused-ring (bicyclic) bond motifs is 1. The predicted molar refractivity (Wildman–Crippen MR) is 98.5 cm³/mol. The van der Waals surface area contributed by atoms with Gasteiger partial charge in [-0.05, 0) is 13.8 Å². The second-order valence-corrected chi connectivity index (χ2v) is 5.99. The van der Waals surface area contributed by atoms with Crippen LogP contribution in [-0.2, 0) is 18.3 Å². The summed E-state index contributed by atoms with van der Waals surface area (Å²) < 4.78 is 8.84. The van der Waals surface area contributed by atoms with E-state index in [-0.39, 0.29) is 5.56 Å². The van der Waals surface area contributed by atoms with E-state index in [1.165, 1.54) is 0 Å². The minimum Gasteiger partial charge on any atom is -0.380 e. The molecule has 0 radical (unpaired) electrons. The second-order valence-electron chi connectivity index (χ2n) is 5.99. The summed E-state index contributed by atoms with van der Waals surface area (Å²) in [5, 5.41) is 6.50. The van der Waals surface area contributed by atoms with Crippen molar-refractivity contribution >= 4 is 23.1 Å². The van der Waals surface area contributed by atoms with Crippen molar-refractivity contribution < 1.29 is 4.74 Å². The van der Waals surface area contributed by atoms with Crippen LogP contribution in [-0.4, -0.2) is 65.0 Å². The molecule has 0 unspecified atom stereocenters. The zero-order valence-electron chi connectivity index (χ0n) is 15.2. The van der Waals surface area contributed by atoms with Gasteiger partial charge in [-0.15, -0.1) is 0 Å². The van der Waals surface area contributed by atoms with Gasteiger partial charge in [0.15, 0.2) is 11.2 Å². The van der Waals surface area contributed by atoms with Crippen molar-refractivity contribution in [1.82, 2.24) is 24.4 Å². The number of aryl methyl sites for hydroxylation is 1. The van der Waals surface area contributed by atoms with Gasteiger partial charge in [-0.25, -0.2) is 0 Å². The van der Waals surface area contributed by atoms with Gasteiger partial charge in [-0.1, -0.05) is 0 Å². The Morgan fingerprint density at radius 1 is 1.24 bits per heavy atom. The lowest BCUT2D eigenvalue weighted by atomic mass is 10.4. The number of nitrogens with one attached hydrogen (secondary N) is 2. The van der Waals surface area contributed by atoms with E-state index in [2.05, 4.69) is 25.5 Å². The molecule has 0 atom stereocenters. The van der Waals surface area contributed by atoms with Crippen molar-refractivity contribution in [3.63, 3.8) is 0 Å². The summed E-state index contributed by atoms with van der Waals surface area (Å²) in [5.41, 5.74) is 0.978. The van der Waals surface area contributed by atoms with Crippen molar-refractivity contribution in [1.29, 1.82) is 0 Å². The van der Waals surface area contributed by atoms with Crippen LogP contribution in [0.15, 0.2) is 4.79 Å². The summed E-state index contributed by atoms with van der Waals surface area (Å²) in [7, 11) is 1.73. The normalized spacial score (nSPS) is 15.1. The summed E-state index contributed by atoms with van der Waals surface area (Å²) in [6.45, 7) is 10.1. The Hall–Kier alpha value is -2.13. The average molecular weight is 349 g/mol. The highest BCUT2D eigenvalue weighted by Gasteiger charge is 2.22. The predicted octanol–water partition coefficient (Wildman–Crippen LogP) is 0.00790. The van der Waals surface area contributed by atoms with Crippen molar-refractivity contribution in [2.45, 2.75) is 20.4 Å². The van der Waals surface area contributed by atoms with Crippen molar-refractivity contribution in [3.8, 4) is 0 Å². The Bertz CT molecular complexity index is 777. The van der Waals surface area contributed by atoms with Gasteiger partial charge in [0, 0.05) is 52.9 Å². The number of aromatic nitrogens is 4. The third-order valence-electron chi connectivity index (χ3n) is 4.42. The summed E-state index contributed by atoms with van der Waals surface area (Å²) >= 11 is 0. The number of hydrogen-bond donors (Lipinski definition) is 2. The molecule has 0 saturated carbocycles. The van der Waals surface area contributed by atoms with Crippen LogP contribution in [0.5, 0.6) is 0 Å². The van der Waals surface area contributed by atoms with Gasteiger partial charge in [0.2, 0.25) is 11.9 Å². The van der Waals surface area contributed by atoms with Gasteiger partial charge < -0.3 is 24.8 Å². The minimum absolute atomic E-state index is 0.0837. The Morgan fingerprint density at radius 2 is 2.00 bits per heavy atom. The third-order valence-corrected chi connectivity index (χ3v) is 4.42. The minimum atomic E-state index is -0.0837. The standard InChI is InChI=1S/C16H27N7O2/c1-4-23-12-13(20-16(23)22-9-6-17-7-10-22)19-15(21(3)14(12)24)18-8-11-25-5-2/h17H,4-11H2,1-3H3,(H,18,19). The van der Waals surface area contributed by atoms with E-state index in [1.807, 2.05) is 18.4 Å². The van der Waals surface area contributed by atoms with Crippen molar-refractivity contribution in [2.75, 3.05) is 56.2 Å². The van der Waals surface area contributed by atoms with Gasteiger partial charge in [-0.3, -0.25) is 9.36 Å². The van der Waals surface area contributed by atoms with E-state index >= 15 is 0 Å². The molecule has 1 fully saturated rings. The molecule has 1 aliphatic heterocycles. The highest BCUT2D eigenvalue weighted by molar-refractivity contribution is 5.75. The van der Waals surface area contributed by atoms with Gasteiger partial charge in [0.1, 0.15) is 0 Å². The molecule has 2 aromatic heterocycles. The van der Waals surface area contributed by atoms with Crippen LogP contribution in [0.1, 0.15) is 13.8 Å². The van der Waals surface area contributed by atoms with Crippen LogP contribution in [0.3, 0.4) is 0 Å². The average Bonchev–Trinajstić information content (AvgIpc) is 3.02. The molecule has 0 bridgehead atoms. The zero-order valence-corrected chi connectivity index (χ0v) is 15.2. The first kappa shape index (κ1) is 17.7. The summed E-state index contributed by atoms with van der Waals surface area (Å²) in [4.78, 5) is 24.3. The number of ether oxygens (including phenoxy) is 1. The molecule has 2 aromatic rings. The topological polar surface area (TPSA) is 89.2 Å². The van der Waals surface area contributed by atoms with Gasteiger partial charge in [0.05, 0.1) is 6.61 Å². The highest BCUT2D eigenvalue weighted by Crippen LogP contribution is 2.20. The molecular formula is C16H27N7O2. The van der Waals surface area contributed by atoms with Crippen LogP contribution in [0.2, 0.25) is 0 Å². The summed E-state index contributed by atoms with van der Waals surface area (Å²) in [5.74, 6) is 1.35. The van der Waals surface area contributed by atoms with E-state index < -0.39 is 0 Å². The second kappa shape index (κ2) is 7.83. The lowest BCUT2D eigenvalue weighted by Gasteiger charge is -2.28. The molecular weight excluding hydrogens is 322 g/mol. The molecule has 1 aliphatic rings. The van der Waals surface area contributed by atoms with Crippen LogP contribution in [0, 0.1) is 0 Å². The molecule has 3 heterocycles. The first-order valence-electron chi connectivity index (χ1n) is 8.91. The first-order chi connectivity index (χ1) is 12.2. The van der Waals surface area contributed by atoms with E-state index in [4.69, 9.17) is 4.74 Å². The number of piperazine rings is 1. The zero-order chi connectivity index (χ0) is 17.8. The van der Waals surface area contributed by atoms with E-state index in [9.17, 15) is 4.79 Å². The number of rotatable bonds is 7. The van der Waals surface area contributed by atoms with Gasteiger partial charge >= 0.3 is 0 Å². The van der Waals surface area contributed by atoms with E-state index in [0.29, 0.717) is 43.4 Å². The number of imidazole rings is 1. The van der Waals surface area contributed by atoms with Gasteiger partial charge in [0.25, 0.3) is 5.56 Å². The fraction of sp³-hybridized carbons (Fsp3) is 0.688. The molecule has 25 heavy (non-hydrogen) atoms. The lowest BCUT2D eigenvalue weighted by Crippen LogP contribution is -2.44. The number of nitrogens with zero attached hydrogens (tertiary/aromatic N) is 5. The smallest absolute Gasteiger partial charge is 0.280 e. The van der Waals surface area contributed by atoms with E-state index in [1.54, 1.807) is 11.6 Å². The molecule has 2 N–H and O–H groups in total. The van der Waals surface area contributed by atoms with Crippen molar-refractivity contribution in [2.24, 2.45) is 7.05 Å². The van der Waals surface area contributed by atoms with E-state index in [0.717, 1.165) is 32.1 Å². The fourth-order valence-corrected chi connectivity index (χ4v) is 3.09. The fourth-order valence-electron chi connectivity index (χ4n) is 3.09. The van der Waals surface area contributed by atoms with Crippen LogP contribution < -0.4 is 21.1 Å². The largest absolute Gasteiger partial charge is 0.380 e. The molecule has 9 heteroatoms. The quantitative estimate of drug-likeness (QED) is 0.681. The Labute approximate surface area is 147 Å². The Balaban J connectivity index is 1.98. The van der Waals surface area contributed by atoms with Crippen LogP contribution in [0.4, 0.5) is 11.9 Å². The highest BCUT2D eigenvalue weighted by atomic mass is 16.5. The maximum absolute atomic E-state index is 12.9. The first-order valence-corrected chi connectivity index (χ1v) is 8.91. The van der Waals surface area contributed by atoms with Crippen LogP contribution >= 0.6 is 0 Å². The summed E-state index contributed by atoms with van der Waals surface area (Å²) in [6.07, 6.45) is 0. The lowest BCUT2D eigenvalue weighted by molar-refractivity contribution is 0.158. The summed E-state index contributed by atoms with van der Waals surface area (Å²) in [6, 6.07) is 0. The maximum Gasteiger partial charge on any atom is 0.280 e. The number of hydrogen-bond acceptors (Lipinski definition) is 7. The molecule has 0 aliphatic carbocycles. The monoisotopic (exact) mass is 349 g/mol. The molecule has 9 nitrogen and oxygen atoms in total. The molecule has 0 aromatic carbocycles. The molecule has 0 spiro atoms. The van der Waals surface area contributed by atoms with Gasteiger partial charge in [-0.2, -0.15) is 9.97 Å². The maximum atomic E-state index is 12.9. The Kier molecular flexibility index (Phi) is 5.54.